The number of unbranched alkanes of at least 4 members (excludes halogenated alkanes) is 2. The van der Waals surface area contributed by atoms with Crippen molar-refractivity contribution >= 4 is 5.91 Å². The van der Waals surface area contributed by atoms with E-state index in [1.54, 1.807) is 6.20 Å². The fourth-order valence-corrected chi connectivity index (χ4v) is 1.29. The molecule has 1 heterocycles. The summed E-state index contributed by atoms with van der Waals surface area (Å²) in [5, 5.41) is 10.4. The van der Waals surface area contributed by atoms with Gasteiger partial charge in [0.2, 0.25) is 5.91 Å². The molecular formula is C11H17N5O. The van der Waals surface area contributed by atoms with Crippen molar-refractivity contribution in [2.75, 3.05) is 6.54 Å². The van der Waals surface area contributed by atoms with Gasteiger partial charge in [-0.1, -0.05) is 5.21 Å². The number of nitrogens with two attached hydrogens (primary N) is 1. The summed E-state index contributed by atoms with van der Waals surface area (Å²) in [5.74, 6) is 2.47. The molecule has 6 heteroatoms. The molecule has 92 valence electrons. The minimum Gasteiger partial charge on any atom is -0.354 e. The van der Waals surface area contributed by atoms with Crippen LogP contribution in [0.15, 0.2) is 6.20 Å². The molecule has 0 saturated heterocycles. The molecule has 1 amide bonds. The summed E-state index contributed by atoms with van der Waals surface area (Å²) in [5.41, 5.74) is 6.06. The van der Waals surface area contributed by atoms with Crippen LogP contribution < -0.4 is 11.1 Å². The molecule has 0 fully saturated rings. The Morgan fingerprint density at radius 1 is 1.59 bits per heavy atom. The summed E-state index contributed by atoms with van der Waals surface area (Å²) in [6.07, 6.45) is 9.35. The third kappa shape index (κ3) is 5.13. The normalized spacial score (nSPS) is 9.88. The van der Waals surface area contributed by atoms with Gasteiger partial charge in [-0.3, -0.25) is 4.79 Å². The number of hydrogen-bond donors (Lipinski definition) is 2. The first kappa shape index (κ1) is 13.2. The zero-order chi connectivity index (χ0) is 12.5. The lowest BCUT2D eigenvalue weighted by molar-refractivity contribution is -0.121. The van der Waals surface area contributed by atoms with Crippen molar-refractivity contribution in [1.29, 1.82) is 0 Å². The smallest absolute Gasteiger partial charge is 0.241 e. The van der Waals surface area contributed by atoms with E-state index in [2.05, 4.69) is 21.5 Å². The van der Waals surface area contributed by atoms with Gasteiger partial charge in [0.25, 0.3) is 0 Å². The molecule has 0 aliphatic carbocycles. The number of rotatable bonds is 7. The third-order valence-electron chi connectivity index (χ3n) is 2.17. The van der Waals surface area contributed by atoms with Gasteiger partial charge >= 0.3 is 0 Å². The third-order valence-corrected chi connectivity index (χ3v) is 2.17. The lowest BCUT2D eigenvalue weighted by atomic mass is 10.2. The van der Waals surface area contributed by atoms with E-state index < -0.39 is 0 Å². The Morgan fingerprint density at radius 2 is 2.41 bits per heavy atom. The number of nitrogens with zero attached hydrogens (tertiary/aromatic N) is 3. The summed E-state index contributed by atoms with van der Waals surface area (Å²) >= 11 is 0. The van der Waals surface area contributed by atoms with Gasteiger partial charge in [0.1, 0.15) is 6.54 Å². The summed E-state index contributed by atoms with van der Waals surface area (Å²) in [6.45, 7) is 1.13. The molecule has 1 aromatic heterocycles. The molecule has 1 aromatic rings. The van der Waals surface area contributed by atoms with E-state index in [9.17, 15) is 4.79 Å². The lowest BCUT2D eigenvalue weighted by Gasteiger charge is -2.03. The van der Waals surface area contributed by atoms with Gasteiger partial charge in [0, 0.05) is 19.5 Å². The highest BCUT2D eigenvalue weighted by Crippen LogP contribution is 1.93. The fourth-order valence-electron chi connectivity index (χ4n) is 1.29. The number of carbonyl (C=O) groups is 1. The lowest BCUT2D eigenvalue weighted by Crippen LogP contribution is -2.28. The van der Waals surface area contributed by atoms with E-state index in [0.717, 1.165) is 19.3 Å². The van der Waals surface area contributed by atoms with Crippen molar-refractivity contribution in [3.63, 3.8) is 0 Å². The van der Waals surface area contributed by atoms with Gasteiger partial charge in [-0.15, -0.1) is 17.4 Å². The van der Waals surface area contributed by atoms with Gasteiger partial charge in [0.05, 0.1) is 11.9 Å². The predicted octanol–water partition coefficient (Wildman–Crippen LogP) is -0.343. The minimum atomic E-state index is -0.0841. The second kappa shape index (κ2) is 7.41. The number of aromatic nitrogens is 3. The van der Waals surface area contributed by atoms with Crippen molar-refractivity contribution in [3.8, 4) is 12.3 Å². The molecule has 0 aromatic carbocycles. The van der Waals surface area contributed by atoms with Crippen LogP contribution in [0.25, 0.3) is 0 Å². The molecule has 1 rings (SSSR count). The SMILES string of the molecule is C#CCCCCNC(=O)Cn1cc(CN)nn1. The standard InChI is InChI=1S/C11H17N5O/c1-2-3-4-5-6-13-11(17)9-16-8-10(7-12)14-15-16/h1,8H,3-7,9,12H2,(H,13,17). The average Bonchev–Trinajstić information content (AvgIpc) is 2.76. The Kier molecular flexibility index (Phi) is 5.75. The quantitative estimate of drug-likeness (QED) is 0.500. The second-order valence-electron chi connectivity index (χ2n) is 3.62. The van der Waals surface area contributed by atoms with Crippen LogP contribution in [-0.4, -0.2) is 27.4 Å². The molecule has 0 radical (unpaired) electrons. The van der Waals surface area contributed by atoms with Crippen LogP contribution in [0.1, 0.15) is 25.0 Å². The van der Waals surface area contributed by atoms with Crippen LogP contribution in [0, 0.1) is 12.3 Å². The molecule has 6 nitrogen and oxygen atoms in total. The van der Waals surface area contributed by atoms with Crippen LogP contribution >= 0.6 is 0 Å². The number of terminal acetylenes is 1. The highest BCUT2D eigenvalue weighted by atomic mass is 16.2. The van der Waals surface area contributed by atoms with Crippen LogP contribution in [0.2, 0.25) is 0 Å². The van der Waals surface area contributed by atoms with Crippen LogP contribution in [0.3, 0.4) is 0 Å². The van der Waals surface area contributed by atoms with Gasteiger partial charge in [-0.25, -0.2) is 4.68 Å². The van der Waals surface area contributed by atoms with Crippen molar-refractivity contribution < 1.29 is 4.79 Å². The number of hydrogen-bond acceptors (Lipinski definition) is 4. The number of nitrogens with one attached hydrogen (secondary N) is 1. The molecule has 0 aliphatic heterocycles. The molecule has 0 aliphatic rings. The summed E-state index contributed by atoms with van der Waals surface area (Å²) in [4.78, 5) is 11.5. The highest BCUT2D eigenvalue weighted by Gasteiger charge is 2.04. The molecule has 0 spiro atoms. The summed E-state index contributed by atoms with van der Waals surface area (Å²) < 4.78 is 1.47. The first-order chi connectivity index (χ1) is 8.26. The van der Waals surface area contributed by atoms with Gasteiger partial charge in [0.15, 0.2) is 0 Å². The van der Waals surface area contributed by atoms with Gasteiger partial charge in [-0.05, 0) is 12.8 Å². The van der Waals surface area contributed by atoms with E-state index in [0.29, 0.717) is 18.8 Å². The minimum absolute atomic E-state index is 0.0841. The van der Waals surface area contributed by atoms with Crippen molar-refractivity contribution in [1.82, 2.24) is 20.3 Å². The number of carbonyl (C=O) groups excluding carboxylic acids is 1. The Balaban J connectivity index is 2.18. The van der Waals surface area contributed by atoms with Crippen LogP contribution in [0.5, 0.6) is 0 Å². The second-order valence-corrected chi connectivity index (χ2v) is 3.62. The maximum atomic E-state index is 11.5. The first-order valence-electron chi connectivity index (χ1n) is 5.55. The van der Waals surface area contributed by atoms with Crippen molar-refractivity contribution in [2.45, 2.75) is 32.4 Å². The van der Waals surface area contributed by atoms with Crippen molar-refractivity contribution in [3.05, 3.63) is 11.9 Å². The molecule has 0 bridgehead atoms. The fraction of sp³-hybridized carbons (Fsp3) is 0.545. The molecular weight excluding hydrogens is 218 g/mol. The molecule has 3 N–H and O–H groups in total. The maximum absolute atomic E-state index is 11.5. The van der Waals surface area contributed by atoms with E-state index in [1.807, 2.05) is 0 Å². The first-order valence-corrected chi connectivity index (χ1v) is 5.55. The molecule has 17 heavy (non-hydrogen) atoms. The molecule has 0 unspecified atom stereocenters. The molecule has 0 saturated carbocycles. The average molecular weight is 235 g/mol. The van der Waals surface area contributed by atoms with E-state index in [4.69, 9.17) is 12.2 Å². The zero-order valence-corrected chi connectivity index (χ0v) is 9.72. The predicted molar refractivity (Wildman–Crippen MR) is 63.6 cm³/mol. The summed E-state index contributed by atoms with van der Waals surface area (Å²) in [7, 11) is 0. The zero-order valence-electron chi connectivity index (χ0n) is 9.72. The van der Waals surface area contributed by atoms with Gasteiger partial charge < -0.3 is 11.1 Å². The Morgan fingerprint density at radius 3 is 3.06 bits per heavy atom. The Labute approximate surface area is 101 Å². The Bertz CT molecular complexity index is 393. The number of amides is 1. The summed E-state index contributed by atoms with van der Waals surface area (Å²) in [6, 6.07) is 0. The van der Waals surface area contributed by atoms with Crippen molar-refractivity contribution in [2.24, 2.45) is 5.73 Å². The van der Waals surface area contributed by atoms with Crippen LogP contribution in [-0.2, 0) is 17.9 Å². The van der Waals surface area contributed by atoms with Crippen LogP contribution in [0.4, 0.5) is 0 Å². The highest BCUT2D eigenvalue weighted by molar-refractivity contribution is 5.75. The monoisotopic (exact) mass is 235 g/mol. The molecule has 0 atom stereocenters. The van der Waals surface area contributed by atoms with E-state index >= 15 is 0 Å². The maximum Gasteiger partial charge on any atom is 0.241 e. The largest absolute Gasteiger partial charge is 0.354 e. The van der Waals surface area contributed by atoms with E-state index in [-0.39, 0.29) is 12.5 Å². The topological polar surface area (TPSA) is 85.8 Å². The Hall–Kier alpha value is -1.87. The van der Waals surface area contributed by atoms with E-state index in [1.165, 1.54) is 4.68 Å². The van der Waals surface area contributed by atoms with Gasteiger partial charge in [-0.2, -0.15) is 0 Å².